The maximum atomic E-state index is 12.6. The summed E-state index contributed by atoms with van der Waals surface area (Å²) in [4.78, 5) is 26.7. The fourth-order valence-corrected chi connectivity index (χ4v) is 3.93. The number of ether oxygens (including phenoxy) is 1. The van der Waals surface area contributed by atoms with E-state index in [9.17, 15) is 9.59 Å². The molecule has 2 aromatic rings. The molecule has 2 aromatic carbocycles. The Morgan fingerprint density at radius 3 is 2.70 bits per heavy atom. The molecular formula is C24H29ClN2O3. The highest BCUT2D eigenvalue weighted by Gasteiger charge is 2.29. The number of methoxy groups -OCH3 is 1. The van der Waals surface area contributed by atoms with Gasteiger partial charge in [-0.1, -0.05) is 41.9 Å². The zero-order valence-corrected chi connectivity index (χ0v) is 18.2. The first-order valence-electron chi connectivity index (χ1n) is 10.5. The van der Waals surface area contributed by atoms with Crippen molar-refractivity contribution < 1.29 is 14.3 Å². The first-order chi connectivity index (χ1) is 14.6. The number of para-hydroxylation sites is 1. The summed E-state index contributed by atoms with van der Waals surface area (Å²) in [6, 6.07) is 15.6. The van der Waals surface area contributed by atoms with Crippen molar-refractivity contribution in [2.45, 2.75) is 32.1 Å². The van der Waals surface area contributed by atoms with Gasteiger partial charge in [0.2, 0.25) is 11.8 Å². The molecule has 5 nitrogen and oxygen atoms in total. The van der Waals surface area contributed by atoms with Gasteiger partial charge in [0.15, 0.2) is 0 Å². The number of likely N-dealkylation sites (tertiary alicyclic amines) is 1. The van der Waals surface area contributed by atoms with Crippen LogP contribution in [0.5, 0.6) is 5.75 Å². The van der Waals surface area contributed by atoms with Gasteiger partial charge < -0.3 is 15.0 Å². The molecular weight excluding hydrogens is 400 g/mol. The lowest BCUT2D eigenvalue weighted by molar-refractivity contribution is -0.138. The molecule has 1 heterocycles. The van der Waals surface area contributed by atoms with E-state index in [1.165, 1.54) is 0 Å². The van der Waals surface area contributed by atoms with E-state index >= 15 is 0 Å². The number of amides is 2. The van der Waals surface area contributed by atoms with Crippen LogP contribution in [0.1, 0.15) is 30.4 Å². The topological polar surface area (TPSA) is 58.6 Å². The third-order valence-electron chi connectivity index (χ3n) is 5.57. The maximum absolute atomic E-state index is 12.6. The average Bonchev–Trinajstić information content (AvgIpc) is 2.77. The van der Waals surface area contributed by atoms with Crippen LogP contribution in [0.3, 0.4) is 0 Å². The second-order valence-corrected chi connectivity index (χ2v) is 8.09. The minimum atomic E-state index is -0.140. The fraction of sp³-hybridized carbons (Fsp3) is 0.417. The minimum Gasteiger partial charge on any atom is -0.496 e. The van der Waals surface area contributed by atoms with Crippen molar-refractivity contribution in [3.05, 3.63) is 64.7 Å². The van der Waals surface area contributed by atoms with E-state index in [1.807, 2.05) is 53.4 Å². The summed E-state index contributed by atoms with van der Waals surface area (Å²) in [6.07, 6.45) is 3.50. The Morgan fingerprint density at radius 1 is 1.17 bits per heavy atom. The number of carbonyl (C=O) groups excluding carboxylic acids is 2. The van der Waals surface area contributed by atoms with Crippen LogP contribution >= 0.6 is 11.6 Å². The van der Waals surface area contributed by atoms with Crippen LogP contribution in [0, 0.1) is 5.92 Å². The number of benzene rings is 2. The molecule has 1 saturated heterocycles. The number of hydrogen-bond acceptors (Lipinski definition) is 3. The summed E-state index contributed by atoms with van der Waals surface area (Å²) in [7, 11) is 1.67. The van der Waals surface area contributed by atoms with Crippen LogP contribution in [0.25, 0.3) is 0 Å². The third kappa shape index (κ3) is 6.23. The van der Waals surface area contributed by atoms with Crippen molar-refractivity contribution in [2.75, 3.05) is 26.7 Å². The van der Waals surface area contributed by atoms with Crippen molar-refractivity contribution in [3.63, 3.8) is 0 Å². The smallest absolute Gasteiger partial charge is 0.224 e. The second-order valence-electron chi connectivity index (χ2n) is 7.66. The SMILES string of the molecule is COc1ccccc1CCCNC(=O)[C@@H]1CCC(=O)N(CCc2ccc(Cl)cc2)C1. The van der Waals surface area contributed by atoms with Gasteiger partial charge in [0, 0.05) is 31.1 Å². The van der Waals surface area contributed by atoms with E-state index < -0.39 is 0 Å². The van der Waals surface area contributed by atoms with E-state index in [4.69, 9.17) is 16.3 Å². The summed E-state index contributed by atoms with van der Waals surface area (Å²) in [5, 5.41) is 3.75. The Labute approximate surface area is 183 Å². The number of hydrogen-bond donors (Lipinski definition) is 1. The molecule has 0 bridgehead atoms. The van der Waals surface area contributed by atoms with Crippen LogP contribution < -0.4 is 10.1 Å². The zero-order chi connectivity index (χ0) is 21.3. The number of aryl methyl sites for hydroxylation is 1. The lowest BCUT2D eigenvalue weighted by atomic mass is 9.96. The van der Waals surface area contributed by atoms with Crippen molar-refractivity contribution in [3.8, 4) is 5.75 Å². The molecule has 0 unspecified atom stereocenters. The summed E-state index contributed by atoms with van der Waals surface area (Å²) < 4.78 is 5.37. The normalized spacial score (nSPS) is 16.4. The number of piperidine rings is 1. The van der Waals surface area contributed by atoms with E-state index in [2.05, 4.69) is 5.32 Å². The molecule has 0 aliphatic carbocycles. The Balaban J connectivity index is 1.43. The molecule has 0 saturated carbocycles. The van der Waals surface area contributed by atoms with Crippen LogP contribution in [-0.4, -0.2) is 43.5 Å². The van der Waals surface area contributed by atoms with Gasteiger partial charge >= 0.3 is 0 Å². The summed E-state index contributed by atoms with van der Waals surface area (Å²) in [6.45, 7) is 1.73. The number of halogens is 1. The second kappa shape index (κ2) is 11.0. The first kappa shape index (κ1) is 22.2. The maximum Gasteiger partial charge on any atom is 0.224 e. The molecule has 2 amide bonds. The Kier molecular flexibility index (Phi) is 8.14. The van der Waals surface area contributed by atoms with Gasteiger partial charge in [-0.15, -0.1) is 0 Å². The summed E-state index contributed by atoms with van der Waals surface area (Å²) in [5.41, 5.74) is 2.28. The van der Waals surface area contributed by atoms with Crippen molar-refractivity contribution in [1.82, 2.24) is 10.2 Å². The van der Waals surface area contributed by atoms with E-state index in [0.29, 0.717) is 37.5 Å². The molecule has 0 radical (unpaired) electrons. The summed E-state index contributed by atoms with van der Waals surface area (Å²) >= 11 is 5.92. The average molecular weight is 429 g/mol. The van der Waals surface area contributed by atoms with Gasteiger partial charge in [0.1, 0.15) is 5.75 Å². The predicted molar refractivity (Wildman–Crippen MR) is 119 cm³/mol. The minimum absolute atomic E-state index is 0.0408. The quantitative estimate of drug-likeness (QED) is 0.616. The van der Waals surface area contributed by atoms with E-state index in [1.54, 1.807) is 7.11 Å². The lowest BCUT2D eigenvalue weighted by Gasteiger charge is -2.32. The number of rotatable bonds is 9. The highest BCUT2D eigenvalue weighted by Crippen LogP contribution is 2.20. The molecule has 1 fully saturated rings. The molecule has 1 aliphatic rings. The van der Waals surface area contributed by atoms with Gasteiger partial charge in [0.25, 0.3) is 0 Å². The summed E-state index contributed by atoms with van der Waals surface area (Å²) in [5.74, 6) is 0.910. The molecule has 30 heavy (non-hydrogen) atoms. The predicted octanol–water partition coefficient (Wildman–Crippen LogP) is 3.88. The molecule has 1 N–H and O–H groups in total. The standard InChI is InChI=1S/C24H29ClN2O3/c1-30-22-7-3-2-5-19(22)6-4-15-26-24(29)20-10-13-23(28)27(17-20)16-14-18-8-11-21(25)12-9-18/h2-3,5,7-9,11-12,20H,4,6,10,13-17H2,1H3,(H,26,29)/t20-/m1/s1. The van der Waals surface area contributed by atoms with Gasteiger partial charge in [0.05, 0.1) is 13.0 Å². The van der Waals surface area contributed by atoms with Gasteiger partial charge in [-0.25, -0.2) is 0 Å². The Bertz CT molecular complexity index is 854. The number of carbonyl (C=O) groups is 2. The first-order valence-corrected chi connectivity index (χ1v) is 10.9. The Hall–Kier alpha value is -2.53. The molecule has 6 heteroatoms. The van der Waals surface area contributed by atoms with Crippen LogP contribution in [-0.2, 0) is 22.4 Å². The van der Waals surface area contributed by atoms with Crippen LogP contribution in [0.4, 0.5) is 0 Å². The lowest BCUT2D eigenvalue weighted by Crippen LogP contribution is -2.46. The molecule has 3 rings (SSSR count). The molecule has 160 valence electrons. The highest BCUT2D eigenvalue weighted by atomic mass is 35.5. The van der Waals surface area contributed by atoms with E-state index in [0.717, 1.165) is 36.1 Å². The van der Waals surface area contributed by atoms with Gasteiger partial charge in [-0.05, 0) is 55.0 Å². The molecule has 1 atom stereocenters. The van der Waals surface area contributed by atoms with Crippen LogP contribution in [0.2, 0.25) is 5.02 Å². The molecule has 1 aliphatic heterocycles. The number of nitrogens with one attached hydrogen (secondary N) is 1. The van der Waals surface area contributed by atoms with Gasteiger partial charge in [-0.2, -0.15) is 0 Å². The van der Waals surface area contributed by atoms with Crippen molar-refractivity contribution >= 4 is 23.4 Å². The van der Waals surface area contributed by atoms with Crippen molar-refractivity contribution in [2.24, 2.45) is 5.92 Å². The number of nitrogens with zero attached hydrogens (tertiary/aromatic N) is 1. The van der Waals surface area contributed by atoms with Gasteiger partial charge in [-0.3, -0.25) is 9.59 Å². The largest absolute Gasteiger partial charge is 0.496 e. The molecule has 0 aromatic heterocycles. The monoisotopic (exact) mass is 428 g/mol. The highest BCUT2D eigenvalue weighted by molar-refractivity contribution is 6.30. The zero-order valence-electron chi connectivity index (χ0n) is 17.4. The fourth-order valence-electron chi connectivity index (χ4n) is 3.80. The third-order valence-corrected chi connectivity index (χ3v) is 5.82. The Morgan fingerprint density at radius 2 is 1.93 bits per heavy atom. The van der Waals surface area contributed by atoms with E-state index in [-0.39, 0.29) is 17.7 Å². The molecule has 0 spiro atoms. The van der Waals surface area contributed by atoms with Crippen molar-refractivity contribution in [1.29, 1.82) is 0 Å². The van der Waals surface area contributed by atoms with Crippen LogP contribution in [0.15, 0.2) is 48.5 Å².